The van der Waals surface area contributed by atoms with Crippen LogP contribution in [0.1, 0.15) is 46.5 Å². The normalized spacial score (nSPS) is 20.8. The molecular weight excluding hydrogens is 266 g/mol. The molecule has 0 radical (unpaired) electrons. The lowest BCUT2D eigenvalue weighted by atomic mass is 9.94. The van der Waals surface area contributed by atoms with E-state index in [-0.39, 0.29) is 6.61 Å². The van der Waals surface area contributed by atoms with Crippen molar-refractivity contribution in [1.82, 2.24) is 10.6 Å². The second-order valence-corrected chi connectivity index (χ2v) is 6.24. The molecule has 124 valence electrons. The molecule has 0 aromatic rings. The van der Waals surface area contributed by atoms with Crippen LogP contribution in [-0.2, 0) is 4.74 Å². The number of guanidine groups is 1. The van der Waals surface area contributed by atoms with Gasteiger partial charge in [0.15, 0.2) is 5.96 Å². The second-order valence-electron chi connectivity index (χ2n) is 6.24. The summed E-state index contributed by atoms with van der Waals surface area (Å²) in [5, 5.41) is 15.8. The van der Waals surface area contributed by atoms with E-state index < -0.39 is 0 Å². The van der Waals surface area contributed by atoms with Crippen molar-refractivity contribution < 1.29 is 9.84 Å². The SMILES string of the molecule is CCNC(=NCC(CCO)CC(C)C)NCC1CCCO1. The topological polar surface area (TPSA) is 65.9 Å². The number of hydrogen-bond acceptors (Lipinski definition) is 3. The Kier molecular flexibility index (Phi) is 9.42. The molecule has 5 nitrogen and oxygen atoms in total. The first kappa shape index (κ1) is 18.2. The van der Waals surface area contributed by atoms with Gasteiger partial charge in [-0.15, -0.1) is 0 Å². The van der Waals surface area contributed by atoms with E-state index in [4.69, 9.17) is 9.84 Å². The molecule has 0 aromatic carbocycles. The molecule has 2 unspecified atom stereocenters. The molecule has 1 heterocycles. The Hall–Kier alpha value is -0.810. The molecule has 3 N–H and O–H groups in total. The number of rotatable bonds is 9. The molecule has 0 saturated carbocycles. The van der Waals surface area contributed by atoms with Crippen LogP contribution in [0, 0.1) is 11.8 Å². The van der Waals surface area contributed by atoms with Crippen LogP contribution in [-0.4, -0.2) is 50.0 Å². The average Bonchev–Trinajstić information content (AvgIpc) is 2.94. The minimum atomic E-state index is 0.243. The largest absolute Gasteiger partial charge is 0.396 e. The Labute approximate surface area is 129 Å². The van der Waals surface area contributed by atoms with Gasteiger partial charge in [-0.25, -0.2) is 0 Å². The summed E-state index contributed by atoms with van der Waals surface area (Å²) >= 11 is 0. The molecule has 0 amide bonds. The summed E-state index contributed by atoms with van der Waals surface area (Å²) in [5.41, 5.74) is 0. The summed E-state index contributed by atoms with van der Waals surface area (Å²) in [4.78, 5) is 4.67. The third kappa shape index (κ3) is 8.27. The van der Waals surface area contributed by atoms with Crippen molar-refractivity contribution in [2.45, 2.75) is 52.6 Å². The lowest BCUT2D eigenvalue weighted by Crippen LogP contribution is -2.41. The molecule has 2 atom stereocenters. The predicted molar refractivity (Wildman–Crippen MR) is 87.6 cm³/mol. The summed E-state index contributed by atoms with van der Waals surface area (Å²) in [6.45, 7) is 10.1. The quantitative estimate of drug-likeness (QED) is 0.448. The lowest BCUT2D eigenvalue weighted by Gasteiger charge is -2.18. The van der Waals surface area contributed by atoms with Crippen LogP contribution in [0.4, 0.5) is 0 Å². The fourth-order valence-corrected chi connectivity index (χ4v) is 2.71. The van der Waals surface area contributed by atoms with Gasteiger partial charge in [0.1, 0.15) is 0 Å². The minimum absolute atomic E-state index is 0.243. The summed E-state index contributed by atoms with van der Waals surface area (Å²) in [6.07, 6.45) is 4.54. The number of aliphatic hydroxyl groups is 1. The van der Waals surface area contributed by atoms with Crippen LogP contribution >= 0.6 is 0 Å². The predicted octanol–water partition coefficient (Wildman–Crippen LogP) is 1.77. The van der Waals surface area contributed by atoms with Gasteiger partial charge in [0.2, 0.25) is 0 Å². The Balaban J connectivity index is 2.43. The molecular formula is C16H33N3O2. The highest BCUT2D eigenvalue weighted by Gasteiger charge is 2.16. The van der Waals surface area contributed by atoms with Crippen LogP contribution in [0.3, 0.4) is 0 Å². The molecule has 0 spiro atoms. The summed E-state index contributed by atoms with van der Waals surface area (Å²) < 4.78 is 5.62. The highest BCUT2D eigenvalue weighted by Crippen LogP contribution is 2.15. The van der Waals surface area contributed by atoms with Gasteiger partial charge >= 0.3 is 0 Å². The van der Waals surface area contributed by atoms with Crippen LogP contribution in [0.25, 0.3) is 0 Å². The molecule has 0 aliphatic carbocycles. The summed E-state index contributed by atoms with van der Waals surface area (Å²) in [6, 6.07) is 0. The van der Waals surface area contributed by atoms with E-state index >= 15 is 0 Å². The third-order valence-electron chi connectivity index (χ3n) is 3.72. The molecule has 1 aliphatic heterocycles. The van der Waals surface area contributed by atoms with Gasteiger partial charge in [-0.3, -0.25) is 4.99 Å². The zero-order valence-electron chi connectivity index (χ0n) is 13.9. The fourth-order valence-electron chi connectivity index (χ4n) is 2.71. The average molecular weight is 299 g/mol. The molecule has 1 aliphatic rings. The third-order valence-corrected chi connectivity index (χ3v) is 3.72. The maximum atomic E-state index is 9.17. The van der Waals surface area contributed by atoms with Crippen LogP contribution in [0.15, 0.2) is 4.99 Å². The van der Waals surface area contributed by atoms with Gasteiger partial charge in [0.25, 0.3) is 0 Å². The van der Waals surface area contributed by atoms with E-state index in [0.29, 0.717) is 17.9 Å². The van der Waals surface area contributed by atoms with E-state index in [2.05, 4.69) is 36.4 Å². The molecule has 0 aromatic heterocycles. The first-order chi connectivity index (χ1) is 10.2. The standard InChI is InChI=1S/C16H33N3O2/c1-4-17-16(19-12-15-6-5-9-21-15)18-11-14(7-8-20)10-13(2)3/h13-15,20H,4-12H2,1-3H3,(H2,17,18,19). The van der Waals surface area contributed by atoms with Gasteiger partial charge in [-0.2, -0.15) is 0 Å². The number of ether oxygens (including phenoxy) is 1. The van der Waals surface area contributed by atoms with Gasteiger partial charge in [0.05, 0.1) is 6.10 Å². The summed E-state index contributed by atoms with van der Waals surface area (Å²) in [7, 11) is 0. The van der Waals surface area contributed by atoms with E-state index in [1.165, 1.54) is 0 Å². The van der Waals surface area contributed by atoms with E-state index in [1.54, 1.807) is 0 Å². The highest BCUT2D eigenvalue weighted by molar-refractivity contribution is 5.79. The molecule has 5 heteroatoms. The Morgan fingerprint density at radius 1 is 1.38 bits per heavy atom. The highest BCUT2D eigenvalue weighted by atomic mass is 16.5. The second kappa shape index (κ2) is 10.9. The van der Waals surface area contributed by atoms with Crippen molar-refractivity contribution in [2.24, 2.45) is 16.8 Å². The van der Waals surface area contributed by atoms with E-state index in [9.17, 15) is 0 Å². The van der Waals surface area contributed by atoms with Gasteiger partial charge in [-0.1, -0.05) is 13.8 Å². The van der Waals surface area contributed by atoms with Crippen molar-refractivity contribution in [3.63, 3.8) is 0 Å². The zero-order valence-corrected chi connectivity index (χ0v) is 13.9. The van der Waals surface area contributed by atoms with Crippen molar-refractivity contribution in [2.75, 3.05) is 32.8 Å². The maximum Gasteiger partial charge on any atom is 0.191 e. The molecule has 21 heavy (non-hydrogen) atoms. The van der Waals surface area contributed by atoms with Crippen LogP contribution in [0.5, 0.6) is 0 Å². The zero-order chi connectivity index (χ0) is 15.5. The number of nitrogens with one attached hydrogen (secondary N) is 2. The first-order valence-electron chi connectivity index (χ1n) is 8.40. The smallest absolute Gasteiger partial charge is 0.191 e. The number of hydrogen-bond donors (Lipinski definition) is 3. The monoisotopic (exact) mass is 299 g/mol. The Morgan fingerprint density at radius 2 is 2.19 bits per heavy atom. The molecule has 0 bridgehead atoms. The van der Waals surface area contributed by atoms with Crippen molar-refractivity contribution in [3.8, 4) is 0 Å². The van der Waals surface area contributed by atoms with Gasteiger partial charge in [-0.05, 0) is 44.4 Å². The molecule has 1 saturated heterocycles. The van der Waals surface area contributed by atoms with Crippen LogP contribution < -0.4 is 10.6 Å². The van der Waals surface area contributed by atoms with E-state index in [1.807, 2.05) is 0 Å². The Bertz CT molecular complexity index is 289. The molecule has 1 fully saturated rings. The van der Waals surface area contributed by atoms with Crippen molar-refractivity contribution >= 4 is 5.96 Å². The van der Waals surface area contributed by atoms with Gasteiger partial charge in [0, 0.05) is 32.8 Å². The van der Waals surface area contributed by atoms with Gasteiger partial charge < -0.3 is 20.5 Å². The number of aliphatic imine (C=N–C) groups is 1. The Morgan fingerprint density at radius 3 is 2.76 bits per heavy atom. The van der Waals surface area contributed by atoms with Crippen LogP contribution in [0.2, 0.25) is 0 Å². The van der Waals surface area contributed by atoms with Crippen molar-refractivity contribution in [3.05, 3.63) is 0 Å². The minimum Gasteiger partial charge on any atom is -0.396 e. The summed E-state index contributed by atoms with van der Waals surface area (Å²) in [5.74, 6) is 1.95. The first-order valence-corrected chi connectivity index (χ1v) is 8.40. The fraction of sp³-hybridized carbons (Fsp3) is 0.938. The van der Waals surface area contributed by atoms with Crippen molar-refractivity contribution in [1.29, 1.82) is 0 Å². The maximum absolute atomic E-state index is 9.17. The molecule has 1 rings (SSSR count). The lowest BCUT2D eigenvalue weighted by molar-refractivity contribution is 0.114. The number of aliphatic hydroxyl groups excluding tert-OH is 1. The number of nitrogens with zero attached hydrogens (tertiary/aromatic N) is 1. The van der Waals surface area contributed by atoms with E-state index in [0.717, 1.165) is 57.9 Å².